The summed E-state index contributed by atoms with van der Waals surface area (Å²) in [4.78, 5) is 16.6. The smallest absolute Gasteiger partial charge is 0.256 e. The molecule has 110 valence electrons. The number of carbonyl (C=O) groups excluding carboxylic acids is 1. The Bertz CT molecular complexity index is 859. The number of nitrogens with one attached hydrogen (secondary N) is 2. The van der Waals surface area contributed by atoms with Gasteiger partial charge < -0.3 is 14.8 Å². The van der Waals surface area contributed by atoms with Crippen LogP contribution in [0.15, 0.2) is 36.7 Å². The maximum atomic E-state index is 12.4. The van der Waals surface area contributed by atoms with Gasteiger partial charge in [-0.15, -0.1) is 0 Å². The maximum Gasteiger partial charge on any atom is 0.256 e. The number of hydrogen-bond donors (Lipinski definition) is 2. The molecule has 0 spiro atoms. The second-order valence-corrected chi connectivity index (χ2v) is 4.80. The van der Waals surface area contributed by atoms with E-state index in [1.807, 2.05) is 0 Å². The molecule has 1 aromatic carbocycles. The van der Waals surface area contributed by atoms with Crippen molar-refractivity contribution < 1.29 is 14.3 Å². The van der Waals surface area contributed by atoms with Crippen LogP contribution in [0, 0.1) is 0 Å². The average Bonchev–Trinajstić information content (AvgIpc) is 3.03. The molecule has 7 nitrogen and oxygen atoms in total. The van der Waals surface area contributed by atoms with Crippen molar-refractivity contribution in [1.82, 2.24) is 15.2 Å². The van der Waals surface area contributed by atoms with Crippen LogP contribution < -0.4 is 14.8 Å². The number of nitrogens with zero attached hydrogens (tertiary/aromatic N) is 2. The Morgan fingerprint density at radius 3 is 2.95 bits per heavy atom. The number of pyridine rings is 1. The SMILES string of the molecule is O=C(Nc1ccc2c(c1)OCCO2)c1ccnc2[nH]ncc12. The highest BCUT2D eigenvalue weighted by Crippen LogP contribution is 2.32. The van der Waals surface area contributed by atoms with E-state index in [2.05, 4.69) is 20.5 Å². The van der Waals surface area contributed by atoms with E-state index in [4.69, 9.17) is 9.47 Å². The standard InChI is InChI=1S/C15H12N4O3/c20-15(10-3-4-16-14-11(10)8-17-19-14)18-9-1-2-12-13(7-9)22-6-5-21-12/h1-4,7-8H,5-6H2,(H,18,20)(H,16,17,19). The molecule has 0 unspecified atom stereocenters. The molecular formula is C15H12N4O3. The largest absolute Gasteiger partial charge is 0.486 e. The van der Waals surface area contributed by atoms with E-state index in [1.165, 1.54) is 0 Å². The highest BCUT2D eigenvalue weighted by Gasteiger charge is 2.15. The van der Waals surface area contributed by atoms with Gasteiger partial charge in [0.1, 0.15) is 13.2 Å². The molecule has 0 radical (unpaired) electrons. The van der Waals surface area contributed by atoms with Crippen molar-refractivity contribution in [2.24, 2.45) is 0 Å². The Balaban J connectivity index is 1.63. The zero-order chi connectivity index (χ0) is 14.9. The summed E-state index contributed by atoms with van der Waals surface area (Å²) in [7, 11) is 0. The van der Waals surface area contributed by atoms with E-state index in [0.717, 1.165) is 0 Å². The molecule has 7 heteroatoms. The second kappa shape index (κ2) is 5.03. The van der Waals surface area contributed by atoms with Gasteiger partial charge >= 0.3 is 0 Å². The first-order valence-corrected chi connectivity index (χ1v) is 6.80. The first-order valence-electron chi connectivity index (χ1n) is 6.80. The Morgan fingerprint density at radius 2 is 2.05 bits per heavy atom. The molecule has 1 amide bonds. The fourth-order valence-electron chi connectivity index (χ4n) is 2.37. The molecule has 0 bridgehead atoms. The fraction of sp³-hybridized carbons (Fsp3) is 0.133. The summed E-state index contributed by atoms with van der Waals surface area (Å²) >= 11 is 0. The highest BCUT2D eigenvalue weighted by atomic mass is 16.6. The van der Waals surface area contributed by atoms with Crippen LogP contribution in [-0.4, -0.2) is 34.3 Å². The third-order valence-corrected chi connectivity index (χ3v) is 3.40. The molecule has 3 heterocycles. The predicted octanol–water partition coefficient (Wildman–Crippen LogP) is 1.98. The van der Waals surface area contributed by atoms with Crippen LogP contribution in [0.4, 0.5) is 5.69 Å². The van der Waals surface area contributed by atoms with E-state index in [1.54, 1.807) is 36.7 Å². The summed E-state index contributed by atoms with van der Waals surface area (Å²) in [6.07, 6.45) is 3.15. The van der Waals surface area contributed by atoms with Crippen LogP contribution in [0.3, 0.4) is 0 Å². The van der Waals surface area contributed by atoms with E-state index in [0.29, 0.717) is 47.0 Å². The van der Waals surface area contributed by atoms with Gasteiger partial charge in [-0.3, -0.25) is 9.89 Å². The van der Waals surface area contributed by atoms with Crippen molar-refractivity contribution in [2.45, 2.75) is 0 Å². The molecule has 4 rings (SSSR count). The van der Waals surface area contributed by atoms with Gasteiger partial charge in [0.25, 0.3) is 5.91 Å². The minimum atomic E-state index is -0.231. The van der Waals surface area contributed by atoms with Crippen LogP contribution in [0.1, 0.15) is 10.4 Å². The topological polar surface area (TPSA) is 89.1 Å². The van der Waals surface area contributed by atoms with Crippen LogP contribution in [0.5, 0.6) is 11.5 Å². The Morgan fingerprint density at radius 1 is 1.18 bits per heavy atom. The van der Waals surface area contributed by atoms with Gasteiger partial charge in [0.05, 0.1) is 17.1 Å². The van der Waals surface area contributed by atoms with Gasteiger partial charge in [-0.05, 0) is 18.2 Å². The summed E-state index contributed by atoms with van der Waals surface area (Å²) in [5.74, 6) is 1.09. The first kappa shape index (κ1) is 12.6. The van der Waals surface area contributed by atoms with Gasteiger partial charge in [0.15, 0.2) is 17.1 Å². The molecule has 2 aromatic heterocycles. The van der Waals surface area contributed by atoms with Crippen molar-refractivity contribution in [1.29, 1.82) is 0 Å². The summed E-state index contributed by atoms with van der Waals surface area (Å²) < 4.78 is 11.0. The van der Waals surface area contributed by atoms with Crippen LogP contribution >= 0.6 is 0 Å². The molecule has 22 heavy (non-hydrogen) atoms. The molecule has 1 aliphatic heterocycles. The van der Waals surface area contributed by atoms with Crippen LogP contribution in [-0.2, 0) is 0 Å². The first-order chi connectivity index (χ1) is 10.8. The van der Waals surface area contributed by atoms with Gasteiger partial charge in [0, 0.05) is 18.0 Å². The lowest BCUT2D eigenvalue weighted by atomic mass is 10.1. The summed E-state index contributed by atoms with van der Waals surface area (Å²) in [5, 5.41) is 10.2. The number of rotatable bonds is 2. The van der Waals surface area contributed by atoms with Crippen molar-refractivity contribution in [3.8, 4) is 11.5 Å². The molecule has 0 aliphatic carbocycles. The fourth-order valence-corrected chi connectivity index (χ4v) is 2.37. The number of benzene rings is 1. The lowest BCUT2D eigenvalue weighted by Gasteiger charge is -2.19. The van der Waals surface area contributed by atoms with Crippen molar-refractivity contribution in [2.75, 3.05) is 18.5 Å². The number of anilines is 1. The number of ether oxygens (including phenoxy) is 2. The van der Waals surface area contributed by atoms with E-state index < -0.39 is 0 Å². The molecule has 2 N–H and O–H groups in total. The van der Waals surface area contributed by atoms with E-state index >= 15 is 0 Å². The average molecular weight is 296 g/mol. The summed E-state index contributed by atoms with van der Waals surface area (Å²) in [6, 6.07) is 6.97. The highest BCUT2D eigenvalue weighted by molar-refractivity contribution is 6.11. The third-order valence-electron chi connectivity index (χ3n) is 3.40. The van der Waals surface area contributed by atoms with Gasteiger partial charge in [0.2, 0.25) is 0 Å². The lowest BCUT2D eigenvalue weighted by Crippen LogP contribution is -2.16. The molecule has 0 saturated heterocycles. The molecule has 0 atom stereocenters. The van der Waals surface area contributed by atoms with Gasteiger partial charge in [-0.25, -0.2) is 4.98 Å². The minimum absolute atomic E-state index is 0.231. The molecule has 0 saturated carbocycles. The normalized spacial score (nSPS) is 13.1. The number of fused-ring (bicyclic) bond motifs is 2. The number of aromatic nitrogens is 3. The zero-order valence-electron chi connectivity index (χ0n) is 11.5. The minimum Gasteiger partial charge on any atom is -0.486 e. The van der Waals surface area contributed by atoms with Gasteiger partial charge in [-0.2, -0.15) is 5.10 Å². The number of H-pyrrole nitrogens is 1. The molecule has 1 aliphatic rings. The molecular weight excluding hydrogens is 284 g/mol. The summed E-state index contributed by atoms with van der Waals surface area (Å²) in [5.41, 5.74) is 1.73. The zero-order valence-corrected chi connectivity index (χ0v) is 11.5. The van der Waals surface area contributed by atoms with Crippen molar-refractivity contribution >= 4 is 22.6 Å². The number of hydrogen-bond acceptors (Lipinski definition) is 5. The van der Waals surface area contributed by atoms with E-state index in [9.17, 15) is 4.79 Å². The second-order valence-electron chi connectivity index (χ2n) is 4.80. The number of aromatic amines is 1. The number of carbonyl (C=O) groups is 1. The Kier molecular flexibility index (Phi) is 2.89. The predicted molar refractivity (Wildman–Crippen MR) is 79.3 cm³/mol. The quantitative estimate of drug-likeness (QED) is 0.755. The van der Waals surface area contributed by atoms with Crippen molar-refractivity contribution in [3.63, 3.8) is 0 Å². The van der Waals surface area contributed by atoms with Crippen LogP contribution in [0.2, 0.25) is 0 Å². The molecule has 0 fully saturated rings. The third kappa shape index (κ3) is 2.12. The maximum absolute atomic E-state index is 12.4. The van der Waals surface area contributed by atoms with Crippen LogP contribution in [0.25, 0.3) is 11.0 Å². The summed E-state index contributed by atoms with van der Waals surface area (Å²) in [6.45, 7) is 1.04. The Hall–Kier alpha value is -3.09. The monoisotopic (exact) mass is 296 g/mol. The van der Waals surface area contributed by atoms with Crippen molar-refractivity contribution in [3.05, 3.63) is 42.2 Å². The van der Waals surface area contributed by atoms with Gasteiger partial charge in [-0.1, -0.05) is 0 Å². The molecule has 3 aromatic rings. The van der Waals surface area contributed by atoms with E-state index in [-0.39, 0.29) is 5.91 Å². The Labute approximate surface area is 125 Å². The lowest BCUT2D eigenvalue weighted by molar-refractivity contribution is 0.102. The number of amides is 1.